The average molecular weight is 611 g/mol. The summed E-state index contributed by atoms with van der Waals surface area (Å²) in [6, 6.07) is 10.5. The van der Waals surface area contributed by atoms with Gasteiger partial charge in [-0.15, -0.1) is 10.2 Å². The second-order valence-corrected chi connectivity index (χ2v) is 12.0. The molecule has 0 spiro atoms. The lowest BCUT2D eigenvalue weighted by Crippen LogP contribution is -2.68. The molecule has 228 valence electrons. The molecule has 4 aromatic rings. The fourth-order valence-electron chi connectivity index (χ4n) is 5.32. The van der Waals surface area contributed by atoms with E-state index in [1.807, 2.05) is 11.8 Å². The van der Waals surface area contributed by atoms with Gasteiger partial charge in [-0.2, -0.15) is 0 Å². The van der Waals surface area contributed by atoms with Crippen LogP contribution in [0.2, 0.25) is 0 Å². The number of benzene rings is 1. The number of nitrogens with zero attached hydrogens (tertiary/aromatic N) is 7. The van der Waals surface area contributed by atoms with Crippen molar-refractivity contribution in [1.29, 1.82) is 0 Å². The van der Waals surface area contributed by atoms with Crippen molar-refractivity contribution in [2.24, 2.45) is 5.14 Å². The van der Waals surface area contributed by atoms with Gasteiger partial charge in [0.05, 0.1) is 27.4 Å². The summed E-state index contributed by atoms with van der Waals surface area (Å²) in [5, 5.41) is 13.9. The number of primary sulfonamides is 1. The van der Waals surface area contributed by atoms with Gasteiger partial charge in [-0.1, -0.05) is 12.1 Å². The van der Waals surface area contributed by atoms with E-state index in [1.54, 1.807) is 60.5 Å². The number of hydrogen-bond acceptors (Lipinski definition) is 12. The first kappa shape index (κ1) is 30.3. The molecule has 1 fully saturated rings. The zero-order chi connectivity index (χ0) is 30.9. The molecule has 1 aliphatic rings. The molecule has 0 radical (unpaired) electrons. The first-order chi connectivity index (χ1) is 20.6. The van der Waals surface area contributed by atoms with Crippen molar-refractivity contribution in [3.05, 3.63) is 66.0 Å². The van der Waals surface area contributed by atoms with E-state index >= 15 is 0 Å². The number of sulfonamides is 1. The van der Waals surface area contributed by atoms with Gasteiger partial charge in [-0.3, -0.25) is 9.47 Å². The van der Waals surface area contributed by atoms with Crippen LogP contribution in [-0.2, 0) is 20.3 Å². The van der Waals surface area contributed by atoms with E-state index in [4.69, 9.17) is 24.1 Å². The first-order valence-electron chi connectivity index (χ1n) is 13.4. The van der Waals surface area contributed by atoms with Gasteiger partial charge in [0.25, 0.3) is 0 Å². The first-order valence-corrected chi connectivity index (χ1v) is 15.0. The number of aromatic nitrogens is 6. The van der Waals surface area contributed by atoms with Crippen LogP contribution < -0.4 is 19.3 Å². The highest BCUT2D eigenvalue weighted by atomic mass is 32.2. The highest BCUT2D eigenvalue weighted by molar-refractivity contribution is 7.89. The number of aryl methyl sites for hydroxylation is 1. The number of hydrogen-bond donors (Lipinski definition) is 1. The highest BCUT2D eigenvalue weighted by Crippen LogP contribution is 2.46. The highest BCUT2D eigenvalue weighted by Gasteiger charge is 2.59. The molecule has 4 heterocycles. The molecule has 2 N–H and O–H groups in total. The van der Waals surface area contributed by atoms with Crippen molar-refractivity contribution >= 4 is 10.0 Å². The molecule has 5 rings (SSSR count). The maximum absolute atomic E-state index is 13.4. The van der Waals surface area contributed by atoms with Crippen molar-refractivity contribution < 1.29 is 27.4 Å². The zero-order valence-electron chi connectivity index (χ0n) is 24.8. The number of nitrogens with two attached hydrogens (primary N) is 1. The van der Waals surface area contributed by atoms with Gasteiger partial charge in [0.1, 0.15) is 28.1 Å². The maximum atomic E-state index is 13.4. The normalized spacial score (nSPS) is 16.3. The largest absolute Gasteiger partial charge is 0.494 e. The van der Waals surface area contributed by atoms with Crippen LogP contribution in [0.15, 0.2) is 48.8 Å². The summed E-state index contributed by atoms with van der Waals surface area (Å²) in [5.74, 6) is 1.75. The van der Waals surface area contributed by atoms with Crippen molar-refractivity contribution in [3.63, 3.8) is 0 Å². The Balaban J connectivity index is 1.96. The van der Waals surface area contributed by atoms with Gasteiger partial charge < -0.3 is 18.9 Å². The molecule has 0 aliphatic carbocycles. The van der Waals surface area contributed by atoms with E-state index in [0.29, 0.717) is 41.8 Å². The third-order valence-electron chi connectivity index (χ3n) is 7.67. The summed E-state index contributed by atoms with van der Waals surface area (Å²) in [4.78, 5) is 15.8. The monoisotopic (exact) mass is 610 g/mol. The van der Waals surface area contributed by atoms with Gasteiger partial charge in [0.15, 0.2) is 23.0 Å². The number of para-hydroxylation sites is 1. The lowest BCUT2D eigenvalue weighted by Gasteiger charge is -2.51. The van der Waals surface area contributed by atoms with Gasteiger partial charge >= 0.3 is 0 Å². The average Bonchev–Trinajstić information content (AvgIpc) is 3.43. The summed E-state index contributed by atoms with van der Waals surface area (Å²) in [7, 11) is 1.90. The summed E-state index contributed by atoms with van der Waals surface area (Å²) in [5.41, 5.74) is -0.0550. The van der Waals surface area contributed by atoms with Crippen LogP contribution in [0, 0.1) is 6.92 Å². The third-order valence-corrected chi connectivity index (χ3v) is 9.00. The summed E-state index contributed by atoms with van der Waals surface area (Å²) in [6.45, 7) is 4.04. The fourth-order valence-corrected chi connectivity index (χ4v) is 6.16. The SMILES string of the molecule is COc1cccc(-c2nnc(C(c3ncc(C)cn3)(C(C)S(N)(=O)=O)N3CC(OC)C3)n2-c2c(OC)cccc2OC)n1. The molecule has 0 saturated carbocycles. The maximum Gasteiger partial charge on any atom is 0.214 e. The second kappa shape index (κ2) is 11.8. The molecule has 2 unspecified atom stereocenters. The van der Waals surface area contributed by atoms with E-state index in [1.165, 1.54) is 28.3 Å². The van der Waals surface area contributed by atoms with Crippen LogP contribution in [0.5, 0.6) is 17.4 Å². The summed E-state index contributed by atoms with van der Waals surface area (Å²) < 4.78 is 51.0. The van der Waals surface area contributed by atoms with E-state index in [-0.39, 0.29) is 23.6 Å². The van der Waals surface area contributed by atoms with Crippen LogP contribution in [-0.4, -0.2) is 95.9 Å². The molecular formula is C28H34N8O6S. The summed E-state index contributed by atoms with van der Waals surface area (Å²) in [6.07, 6.45) is 3.07. The van der Waals surface area contributed by atoms with Crippen LogP contribution in [0.1, 0.15) is 24.1 Å². The molecular weight excluding hydrogens is 576 g/mol. The number of methoxy groups -OCH3 is 4. The van der Waals surface area contributed by atoms with E-state index in [2.05, 4.69) is 25.1 Å². The van der Waals surface area contributed by atoms with Gasteiger partial charge in [-0.25, -0.2) is 28.5 Å². The Labute approximate surface area is 249 Å². The minimum absolute atomic E-state index is 0.162. The quantitative estimate of drug-likeness (QED) is 0.261. The molecule has 14 nitrogen and oxygen atoms in total. The second-order valence-electron chi connectivity index (χ2n) is 10.1. The lowest BCUT2D eigenvalue weighted by atomic mass is 9.86. The summed E-state index contributed by atoms with van der Waals surface area (Å²) >= 11 is 0. The van der Waals surface area contributed by atoms with Crippen molar-refractivity contribution in [2.45, 2.75) is 30.7 Å². The molecule has 0 amide bonds. The Morgan fingerprint density at radius 1 is 0.953 bits per heavy atom. The molecule has 0 bridgehead atoms. The number of rotatable bonds is 11. The van der Waals surface area contributed by atoms with Crippen LogP contribution in [0.4, 0.5) is 0 Å². The molecule has 1 saturated heterocycles. The molecule has 15 heteroatoms. The minimum atomic E-state index is -4.25. The Morgan fingerprint density at radius 3 is 2.14 bits per heavy atom. The van der Waals surface area contributed by atoms with Crippen LogP contribution >= 0.6 is 0 Å². The molecule has 2 atom stereocenters. The van der Waals surface area contributed by atoms with E-state index < -0.39 is 20.8 Å². The van der Waals surface area contributed by atoms with Crippen molar-refractivity contribution in [1.82, 2.24) is 34.6 Å². The Hall–Kier alpha value is -4.18. The molecule has 1 aromatic carbocycles. The van der Waals surface area contributed by atoms with Gasteiger partial charge in [0, 0.05) is 38.7 Å². The van der Waals surface area contributed by atoms with Gasteiger partial charge in [0.2, 0.25) is 15.9 Å². The van der Waals surface area contributed by atoms with E-state index in [0.717, 1.165) is 5.56 Å². The van der Waals surface area contributed by atoms with Crippen LogP contribution in [0.25, 0.3) is 17.2 Å². The lowest BCUT2D eigenvalue weighted by molar-refractivity contribution is -0.0816. The van der Waals surface area contributed by atoms with E-state index in [9.17, 15) is 8.42 Å². The molecule has 43 heavy (non-hydrogen) atoms. The Bertz CT molecular complexity index is 1690. The molecule has 1 aliphatic heterocycles. The number of ether oxygens (including phenoxy) is 4. The predicted octanol–water partition coefficient (Wildman–Crippen LogP) is 1.70. The zero-order valence-corrected chi connectivity index (χ0v) is 25.6. The Morgan fingerprint density at radius 2 is 1.58 bits per heavy atom. The fraction of sp³-hybridized carbons (Fsp3) is 0.393. The number of pyridine rings is 1. The van der Waals surface area contributed by atoms with Crippen molar-refractivity contribution in [3.8, 4) is 34.6 Å². The molecule has 3 aromatic heterocycles. The Kier molecular flexibility index (Phi) is 8.34. The van der Waals surface area contributed by atoms with Crippen molar-refractivity contribution in [2.75, 3.05) is 41.5 Å². The number of likely N-dealkylation sites (tertiary alicyclic amines) is 1. The topological polar surface area (TPSA) is 170 Å². The van der Waals surface area contributed by atoms with Crippen LogP contribution in [0.3, 0.4) is 0 Å². The minimum Gasteiger partial charge on any atom is -0.494 e. The smallest absolute Gasteiger partial charge is 0.214 e. The standard InChI is InChI=1S/C28H34N8O6S/c1-17-13-30-26(31-14-17)28(18(2)43(29,37)38,35-15-19(16-35)39-3)27-34-33-25(20-9-7-12-23(32-20)42-6)36(27)24-21(40-4)10-8-11-22(24)41-5/h7-14,18-19H,15-16H2,1-6H3,(H2,29,37,38). The third kappa shape index (κ3) is 5.18. The van der Waals surface area contributed by atoms with Gasteiger partial charge in [-0.05, 0) is 37.6 Å². The predicted molar refractivity (Wildman–Crippen MR) is 157 cm³/mol.